The lowest BCUT2D eigenvalue weighted by Gasteiger charge is -2.03. The molecule has 0 saturated carbocycles. The van der Waals surface area contributed by atoms with Crippen molar-refractivity contribution in [2.75, 3.05) is 0 Å². The molecule has 4 heteroatoms. The lowest BCUT2D eigenvalue weighted by atomic mass is 10.2. The largest absolute Gasteiger partial charge is 0.225 e. The minimum Gasteiger partial charge on any atom is -0.225 e. The van der Waals surface area contributed by atoms with E-state index in [0.717, 1.165) is 25.2 Å². The number of benzene rings is 1. The molecule has 0 radical (unpaired) electrons. The summed E-state index contributed by atoms with van der Waals surface area (Å²) in [5.41, 5.74) is 1.20. The van der Waals surface area contributed by atoms with Crippen LogP contribution >= 0.6 is 0 Å². The van der Waals surface area contributed by atoms with Gasteiger partial charge < -0.3 is 0 Å². The number of allylic oxidation sites excluding steroid dienone is 1. The summed E-state index contributed by atoms with van der Waals surface area (Å²) in [5, 5.41) is 11.7. The van der Waals surface area contributed by atoms with E-state index in [9.17, 15) is 0 Å². The van der Waals surface area contributed by atoms with Gasteiger partial charge in [0.25, 0.3) is 0 Å². The van der Waals surface area contributed by atoms with Crippen LogP contribution in [-0.2, 0) is 13.0 Å². The van der Waals surface area contributed by atoms with Gasteiger partial charge in [-0.15, -0.1) is 11.7 Å². The second kappa shape index (κ2) is 5.21. The summed E-state index contributed by atoms with van der Waals surface area (Å²) in [6, 6.07) is 10.2. The van der Waals surface area contributed by atoms with Gasteiger partial charge in [0.15, 0.2) is 5.82 Å². The molecule has 1 aromatic heterocycles. The molecule has 1 heterocycles. The molecule has 0 saturated heterocycles. The van der Waals surface area contributed by atoms with Gasteiger partial charge in [0.1, 0.15) is 0 Å². The zero-order valence-electron chi connectivity index (χ0n) is 9.08. The van der Waals surface area contributed by atoms with Crippen LogP contribution in [0.4, 0.5) is 0 Å². The van der Waals surface area contributed by atoms with E-state index in [2.05, 4.69) is 34.2 Å². The van der Waals surface area contributed by atoms with E-state index in [4.69, 9.17) is 0 Å². The van der Waals surface area contributed by atoms with Crippen molar-refractivity contribution in [3.05, 3.63) is 54.4 Å². The predicted octanol–water partition coefficient (Wildman–Crippen LogP) is 1.84. The summed E-state index contributed by atoms with van der Waals surface area (Å²) < 4.78 is 1.83. The van der Waals surface area contributed by atoms with Crippen LogP contribution in [-0.4, -0.2) is 20.2 Å². The van der Waals surface area contributed by atoms with Crippen LogP contribution < -0.4 is 0 Å². The number of aromatic nitrogens is 4. The molecule has 0 N–H and O–H groups in total. The fraction of sp³-hybridized carbons (Fsp3) is 0.250. The highest BCUT2D eigenvalue weighted by molar-refractivity contribution is 5.14. The zero-order valence-corrected chi connectivity index (χ0v) is 9.08. The molecule has 0 bridgehead atoms. The van der Waals surface area contributed by atoms with Crippen molar-refractivity contribution >= 4 is 0 Å². The Morgan fingerprint density at radius 3 is 2.81 bits per heavy atom. The number of hydrogen-bond acceptors (Lipinski definition) is 3. The van der Waals surface area contributed by atoms with Gasteiger partial charge in [0, 0.05) is 6.42 Å². The second-order valence-electron chi connectivity index (χ2n) is 3.57. The Bertz CT molecular complexity index is 447. The topological polar surface area (TPSA) is 43.6 Å². The minimum atomic E-state index is 0.723. The van der Waals surface area contributed by atoms with Gasteiger partial charge in [-0.3, -0.25) is 0 Å². The first kappa shape index (κ1) is 10.5. The molecule has 0 spiro atoms. The van der Waals surface area contributed by atoms with E-state index in [0.29, 0.717) is 0 Å². The molecule has 82 valence electrons. The summed E-state index contributed by atoms with van der Waals surface area (Å²) in [6.45, 7) is 4.42. The summed E-state index contributed by atoms with van der Waals surface area (Å²) in [6.07, 6.45) is 3.61. The minimum absolute atomic E-state index is 0.723. The Hall–Kier alpha value is -1.97. The van der Waals surface area contributed by atoms with Gasteiger partial charge in [-0.25, -0.2) is 4.68 Å². The van der Waals surface area contributed by atoms with Gasteiger partial charge in [0.2, 0.25) is 0 Å². The van der Waals surface area contributed by atoms with Gasteiger partial charge >= 0.3 is 0 Å². The third-order valence-electron chi connectivity index (χ3n) is 2.35. The molecule has 0 atom stereocenters. The summed E-state index contributed by atoms with van der Waals surface area (Å²) in [5.74, 6) is 0.906. The second-order valence-corrected chi connectivity index (χ2v) is 3.57. The van der Waals surface area contributed by atoms with E-state index in [1.165, 1.54) is 5.56 Å². The Labute approximate surface area is 94.6 Å². The number of tetrazole rings is 1. The van der Waals surface area contributed by atoms with Crippen LogP contribution in [0.1, 0.15) is 17.8 Å². The maximum atomic E-state index is 4.00. The van der Waals surface area contributed by atoms with Crippen molar-refractivity contribution in [3.63, 3.8) is 0 Å². The fourth-order valence-electron chi connectivity index (χ4n) is 1.51. The van der Waals surface area contributed by atoms with Crippen molar-refractivity contribution in [2.24, 2.45) is 0 Å². The molecule has 0 aliphatic heterocycles. The molecular formula is C12H14N4. The van der Waals surface area contributed by atoms with Crippen LogP contribution in [0.2, 0.25) is 0 Å². The number of hydrogen-bond donors (Lipinski definition) is 0. The molecule has 0 amide bonds. The first-order valence-corrected chi connectivity index (χ1v) is 5.30. The molecule has 2 rings (SSSR count). The molecule has 2 aromatic rings. The van der Waals surface area contributed by atoms with Crippen molar-refractivity contribution in [3.8, 4) is 0 Å². The van der Waals surface area contributed by atoms with Crippen molar-refractivity contribution < 1.29 is 0 Å². The van der Waals surface area contributed by atoms with Crippen LogP contribution in [0.15, 0.2) is 43.0 Å². The smallest absolute Gasteiger partial charge is 0.151 e. The van der Waals surface area contributed by atoms with Crippen molar-refractivity contribution in [2.45, 2.75) is 19.4 Å². The molecule has 4 nitrogen and oxygen atoms in total. The Morgan fingerprint density at radius 1 is 1.25 bits per heavy atom. The molecule has 0 aliphatic rings. The zero-order chi connectivity index (χ0) is 11.2. The maximum absolute atomic E-state index is 4.00. The van der Waals surface area contributed by atoms with Crippen LogP contribution in [0.3, 0.4) is 0 Å². The third-order valence-corrected chi connectivity index (χ3v) is 2.35. The molecule has 0 aliphatic carbocycles. The summed E-state index contributed by atoms with van der Waals surface area (Å²) in [7, 11) is 0. The molecule has 0 fully saturated rings. The third kappa shape index (κ3) is 2.53. The summed E-state index contributed by atoms with van der Waals surface area (Å²) in [4.78, 5) is 0. The quantitative estimate of drug-likeness (QED) is 0.713. The maximum Gasteiger partial charge on any atom is 0.151 e. The lowest BCUT2D eigenvalue weighted by Crippen LogP contribution is -2.06. The van der Waals surface area contributed by atoms with Crippen LogP contribution in [0.5, 0.6) is 0 Å². The lowest BCUT2D eigenvalue weighted by molar-refractivity contribution is 0.617. The van der Waals surface area contributed by atoms with Gasteiger partial charge in [-0.1, -0.05) is 36.4 Å². The molecule has 16 heavy (non-hydrogen) atoms. The average molecular weight is 214 g/mol. The van der Waals surface area contributed by atoms with E-state index >= 15 is 0 Å². The first-order chi connectivity index (χ1) is 7.90. The standard InChI is InChI=1S/C12H14N4/c1-2-3-9-12-13-14-15-16(12)10-11-7-5-4-6-8-11/h2,4-8H,1,3,9-10H2. The van der Waals surface area contributed by atoms with E-state index in [1.807, 2.05) is 29.0 Å². The van der Waals surface area contributed by atoms with Gasteiger partial charge in [-0.05, 0) is 22.4 Å². The van der Waals surface area contributed by atoms with Gasteiger partial charge in [-0.2, -0.15) is 0 Å². The molecule has 1 aromatic carbocycles. The highest BCUT2D eigenvalue weighted by Crippen LogP contribution is 2.04. The van der Waals surface area contributed by atoms with E-state index < -0.39 is 0 Å². The normalized spacial score (nSPS) is 10.2. The monoisotopic (exact) mass is 214 g/mol. The number of aryl methyl sites for hydroxylation is 1. The fourth-order valence-corrected chi connectivity index (χ4v) is 1.51. The highest BCUT2D eigenvalue weighted by atomic mass is 15.5. The Kier molecular flexibility index (Phi) is 3.43. The van der Waals surface area contributed by atoms with Crippen LogP contribution in [0, 0.1) is 0 Å². The summed E-state index contributed by atoms with van der Waals surface area (Å²) >= 11 is 0. The predicted molar refractivity (Wildman–Crippen MR) is 61.9 cm³/mol. The van der Waals surface area contributed by atoms with Crippen LogP contribution in [0.25, 0.3) is 0 Å². The number of nitrogens with zero attached hydrogens (tertiary/aromatic N) is 4. The average Bonchev–Trinajstić information content (AvgIpc) is 2.75. The van der Waals surface area contributed by atoms with E-state index in [-0.39, 0.29) is 0 Å². The SMILES string of the molecule is C=CCCc1nnnn1Cc1ccccc1. The molecular weight excluding hydrogens is 200 g/mol. The highest BCUT2D eigenvalue weighted by Gasteiger charge is 2.04. The van der Waals surface area contributed by atoms with Crippen molar-refractivity contribution in [1.29, 1.82) is 0 Å². The van der Waals surface area contributed by atoms with E-state index in [1.54, 1.807) is 0 Å². The first-order valence-electron chi connectivity index (χ1n) is 5.30. The van der Waals surface area contributed by atoms with Crippen molar-refractivity contribution in [1.82, 2.24) is 20.2 Å². The van der Waals surface area contributed by atoms with Gasteiger partial charge in [0.05, 0.1) is 6.54 Å². The Balaban J connectivity index is 2.09. The Morgan fingerprint density at radius 2 is 2.06 bits per heavy atom. The number of rotatable bonds is 5. The molecule has 0 unspecified atom stereocenters.